The second-order valence-electron chi connectivity index (χ2n) is 8.73. The zero-order valence-electron chi connectivity index (χ0n) is 18.0. The number of nitrogens with zero attached hydrogens (tertiary/aromatic N) is 1. The summed E-state index contributed by atoms with van der Waals surface area (Å²) in [6.07, 6.45) is 6.35. The molecule has 7 rings (SSSR count). The van der Waals surface area contributed by atoms with Crippen molar-refractivity contribution < 1.29 is 0 Å². The summed E-state index contributed by atoms with van der Waals surface area (Å²) in [5.41, 5.74) is 8.03. The minimum Gasteiger partial charge on any atom is -0.265 e. The maximum Gasteiger partial charge on any atom is 0.0434 e. The van der Waals surface area contributed by atoms with Crippen molar-refractivity contribution in [2.24, 2.45) is 10.9 Å². The summed E-state index contributed by atoms with van der Waals surface area (Å²) in [4.78, 5) is 4.60. The van der Waals surface area contributed by atoms with E-state index >= 15 is 0 Å². The minimum absolute atomic E-state index is 0.263. The van der Waals surface area contributed by atoms with E-state index in [2.05, 4.69) is 114 Å². The number of hydrogen-bond acceptors (Lipinski definition) is 2. The van der Waals surface area contributed by atoms with Crippen molar-refractivity contribution in [2.45, 2.75) is 5.92 Å². The largest absolute Gasteiger partial charge is 0.265 e. The molecule has 0 N–H and O–H groups in total. The van der Waals surface area contributed by atoms with E-state index in [1.165, 1.54) is 53.6 Å². The maximum absolute atomic E-state index is 4.60. The summed E-state index contributed by atoms with van der Waals surface area (Å²) in [7, 11) is 0. The molecule has 0 fully saturated rings. The van der Waals surface area contributed by atoms with Crippen LogP contribution in [0.1, 0.15) is 28.2 Å². The van der Waals surface area contributed by atoms with Gasteiger partial charge in [0, 0.05) is 50.0 Å². The van der Waals surface area contributed by atoms with Crippen LogP contribution in [-0.4, -0.2) is 6.21 Å². The third kappa shape index (κ3) is 2.81. The zero-order valence-corrected chi connectivity index (χ0v) is 18.8. The minimum atomic E-state index is 0.263. The van der Waals surface area contributed by atoms with Crippen LogP contribution in [0.25, 0.3) is 25.7 Å². The van der Waals surface area contributed by atoms with E-state index in [9.17, 15) is 0 Å². The molecule has 1 nitrogen and oxygen atoms in total. The van der Waals surface area contributed by atoms with Gasteiger partial charge in [0.15, 0.2) is 0 Å². The average molecular weight is 440 g/mol. The molecular weight excluding hydrogens is 418 g/mol. The highest BCUT2D eigenvalue weighted by Gasteiger charge is 2.36. The summed E-state index contributed by atoms with van der Waals surface area (Å²) in [6.45, 7) is 0. The molecule has 0 radical (unpaired) electrons. The highest BCUT2D eigenvalue weighted by atomic mass is 32.1. The standard InChI is InChI=1S/C31H21NS/c1-2-9-20(10-3-1)29-22-12-4-5-13-23(22)30(27-19-32-18-17-24(27)29)26-15-8-14-25-21-11-6-7-16-28(21)33-31(25)26/h1-19,24,29H. The van der Waals surface area contributed by atoms with Crippen LogP contribution in [0.15, 0.2) is 120 Å². The molecule has 2 atom stereocenters. The summed E-state index contributed by atoms with van der Waals surface area (Å²) in [5.74, 6) is 0.546. The van der Waals surface area contributed by atoms with Gasteiger partial charge in [-0.2, -0.15) is 0 Å². The van der Waals surface area contributed by atoms with Gasteiger partial charge in [0.1, 0.15) is 0 Å². The highest BCUT2D eigenvalue weighted by Crippen LogP contribution is 2.50. The normalized spacial score (nSPS) is 19.2. The Bertz CT molecular complexity index is 1620. The lowest BCUT2D eigenvalue weighted by molar-refractivity contribution is 0.656. The van der Waals surface area contributed by atoms with Crippen LogP contribution < -0.4 is 0 Å². The Morgan fingerprint density at radius 3 is 2.36 bits per heavy atom. The lowest BCUT2D eigenvalue weighted by Crippen LogP contribution is -2.24. The molecule has 156 valence electrons. The topological polar surface area (TPSA) is 12.4 Å². The Morgan fingerprint density at radius 1 is 0.667 bits per heavy atom. The molecule has 1 aliphatic heterocycles. The second-order valence-corrected chi connectivity index (χ2v) is 9.78. The van der Waals surface area contributed by atoms with Crippen molar-refractivity contribution in [1.82, 2.24) is 0 Å². The Labute approximate surface area is 197 Å². The lowest BCUT2D eigenvalue weighted by Gasteiger charge is -2.36. The molecule has 2 heterocycles. The van der Waals surface area contributed by atoms with E-state index in [1.54, 1.807) is 0 Å². The Balaban J connectivity index is 1.56. The van der Waals surface area contributed by atoms with Gasteiger partial charge in [-0.3, -0.25) is 4.99 Å². The Hall–Kier alpha value is -3.75. The van der Waals surface area contributed by atoms with Crippen LogP contribution >= 0.6 is 11.3 Å². The first-order valence-corrected chi connectivity index (χ1v) is 12.2. The van der Waals surface area contributed by atoms with E-state index in [0.717, 1.165) is 0 Å². The summed E-state index contributed by atoms with van der Waals surface area (Å²) in [5, 5.41) is 2.67. The fourth-order valence-corrected chi connectivity index (χ4v) is 6.84. The fourth-order valence-electron chi connectivity index (χ4n) is 5.61. The van der Waals surface area contributed by atoms with Gasteiger partial charge in [-0.25, -0.2) is 0 Å². The predicted octanol–water partition coefficient (Wildman–Crippen LogP) is 8.22. The van der Waals surface area contributed by atoms with Crippen LogP contribution in [0.5, 0.6) is 0 Å². The Morgan fingerprint density at radius 2 is 1.42 bits per heavy atom. The Kier molecular flexibility index (Phi) is 4.21. The van der Waals surface area contributed by atoms with Crippen molar-refractivity contribution in [2.75, 3.05) is 0 Å². The van der Waals surface area contributed by atoms with Gasteiger partial charge in [0.2, 0.25) is 0 Å². The van der Waals surface area contributed by atoms with Crippen LogP contribution in [0.4, 0.5) is 0 Å². The molecule has 0 amide bonds. The molecule has 1 aliphatic carbocycles. The van der Waals surface area contributed by atoms with E-state index in [-0.39, 0.29) is 11.8 Å². The van der Waals surface area contributed by atoms with Gasteiger partial charge in [-0.05, 0) is 33.9 Å². The van der Waals surface area contributed by atoms with Crippen LogP contribution in [0.3, 0.4) is 0 Å². The molecule has 0 saturated carbocycles. The van der Waals surface area contributed by atoms with Gasteiger partial charge in [-0.1, -0.05) is 97.1 Å². The third-order valence-electron chi connectivity index (χ3n) is 7.00. The second kappa shape index (κ2) is 7.40. The third-order valence-corrected chi connectivity index (χ3v) is 8.22. The van der Waals surface area contributed by atoms with E-state index in [1.807, 2.05) is 17.5 Å². The number of thiophene rings is 1. The summed E-state index contributed by atoms with van der Waals surface area (Å²) < 4.78 is 2.70. The maximum atomic E-state index is 4.60. The van der Waals surface area contributed by atoms with Crippen molar-refractivity contribution in [3.8, 4) is 0 Å². The summed E-state index contributed by atoms with van der Waals surface area (Å²) >= 11 is 1.90. The molecule has 0 bridgehead atoms. The number of benzene rings is 4. The quantitative estimate of drug-likeness (QED) is 0.263. The van der Waals surface area contributed by atoms with E-state index in [4.69, 9.17) is 0 Å². The van der Waals surface area contributed by atoms with Crippen molar-refractivity contribution >= 4 is 43.3 Å². The van der Waals surface area contributed by atoms with Crippen molar-refractivity contribution in [3.63, 3.8) is 0 Å². The van der Waals surface area contributed by atoms with Gasteiger partial charge >= 0.3 is 0 Å². The van der Waals surface area contributed by atoms with Crippen molar-refractivity contribution in [1.29, 1.82) is 0 Å². The summed E-state index contributed by atoms with van der Waals surface area (Å²) in [6, 6.07) is 35.4. The molecule has 0 spiro atoms. The number of aliphatic imine (C=N–C) groups is 1. The molecule has 2 unspecified atom stereocenters. The molecule has 33 heavy (non-hydrogen) atoms. The first-order valence-electron chi connectivity index (χ1n) is 11.4. The number of allylic oxidation sites excluding steroid dienone is 2. The SMILES string of the molecule is C1=CC2C(=C(c3cccc4c3sc3ccccc34)c3ccccc3C2c2ccccc2)C=N1. The molecule has 2 heteroatoms. The van der Waals surface area contributed by atoms with Crippen molar-refractivity contribution in [3.05, 3.63) is 137 Å². The van der Waals surface area contributed by atoms with Gasteiger partial charge in [-0.15, -0.1) is 11.3 Å². The first-order chi connectivity index (χ1) is 16.4. The van der Waals surface area contributed by atoms with Gasteiger partial charge in [0.25, 0.3) is 0 Å². The number of fused-ring (bicyclic) bond motifs is 5. The highest BCUT2D eigenvalue weighted by molar-refractivity contribution is 7.26. The number of hydrogen-bond donors (Lipinski definition) is 0. The lowest BCUT2D eigenvalue weighted by atomic mass is 9.67. The predicted molar refractivity (Wildman–Crippen MR) is 141 cm³/mol. The van der Waals surface area contributed by atoms with Crippen LogP contribution in [-0.2, 0) is 0 Å². The molecule has 4 aromatic carbocycles. The fraction of sp³-hybridized carbons (Fsp3) is 0.0645. The first kappa shape index (κ1) is 18.8. The molecular formula is C31H21NS. The van der Waals surface area contributed by atoms with Crippen LogP contribution in [0, 0.1) is 5.92 Å². The molecule has 0 saturated heterocycles. The number of rotatable bonds is 2. The van der Waals surface area contributed by atoms with Gasteiger partial charge < -0.3 is 0 Å². The monoisotopic (exact) mass is 439 g/mol. The molecule has 2 aliphatic rings. The van der Waals surface area contributed by atoms with Crippen LogP contribution in [0.2, 0.25) is 0 Å². The average Bonchev–Trinajstić information content (AvgIpc) is 3.27. The van der Waals surface area contributed by atoms with Gasteiger partial charge in [0.05, 0.1) is 0 Å². The van der Waals surface area contributed by atoms with E-state index < -0.39 is 0 Å². The smallest absolute Gasteiger partial charge is 0.0434 e. The van der Waals surface area contributed by atoms with E-state index in [0.29, 0.717) is 0 Å². The molecule has 1 aromatic heterocycles. The zero-order chi connectivity index (χ0) is 21.8. The molecule has 5 aromatic rings.